The van der Waals surface area contributed by atoms with Gasteiger partial charge in [0.15, 0.2) is 0 Å². The van der Waals surface area contributed by atoms with Crippen LogP contribution in [-0.4, -0.2) is 21.7 Å². The van der Waals surface area contributed by atoms with Gasteiger partial charge in [0.05, 0.1) is 17.9 Å². The molecule has 0 bridgehead atoms. The molecule has 2 N–H and O–H groups in total. The maximum Gasteiger partial charge on any atom is 0.408 e. The number of hydrogen-bond acceptors (Lipinski definition) is 3. The summed E-state index contributed by atoms with van der Waals surface area (Å²) in [6.45, 7) is 7.80. The molecule has 0 saturated carbocycles. The van der Waals surface area contributed by atoms with Crippen LogP contribution in [0.15, 0.2) is 60.8 Å². The molecule has 170 valence electrons. The van der Waals surface area contributed by atoms with Crippen LogP contribution in [0.5, 0.6) is 0 Å². The molecule has 0 fully saturated rings. The molecule has 0 radical (unpaired) electrons. The minimum Gasteiger partial charge on any atom is -0.444 e. The zero-order valence-electron chi connectivity index (χ0n) is 19.7. The minimum absolute atomic E-state index is 0.209. The Bertz CT molecular complexity index is 972. The number of hydrogen-bond donors (Lipinski definition) is 2. The van der Waals surface area contributed by atoms with Gasteiger partial charge in [-0.3, -0.25) is 0 Å². The predicted molar refractivity (Wildman–Crippen MR) is 130 cm³/mol. The molecule has 3 rings (SSSR count). The smallest absolute Gasteiger partial charge is 0.408 e. The van der Waals surface area contributed by atoms with Crippen molar-refractivity contribution in [3.63, 3.8) is 0 Å². The number of ether oxygens (including phenoxy) is 1. The van der Waals surface area contributed by atoms with Gasteiger partial charge in [-0.1, -0.05) is 87.2 Å². The highest BCUT2D eigenvalue weighted by molar-refractivity contribution is 5.69. The van der Waals surface area contributed by atoms with Crippen molar-refractivity contribution in [2.45, 2.75) is 71.4 Å². The van der Waals surface area contributed by atoms with Crippen molar-refractivity contribution in [1.82, 2.24) is 15.3 Å². The first-order chi connectivity index (χ1) is 15.4. The lowest BCUT2D eigenvalue weighted by Gasteiger charge is -2.23. The summed E-state index contributed by atoms with van der Waals surface area (Å²) in [6.07, 6.45) is 6.77. The number of rotatable bonds is 9. The van der Waals surface area contributed by atoms with Crippen LogP contribution < -0.4 is 5.32 Å². The second kappa shape index (κ2) is 11.0. The molecular weight excluding hydrogens is 398 g/mol. The van der Waals surface area contributed by atoms with E-state index in [0.717, 1.165) is 36.3 Å². The summed E-state index contributed by atoms with van der Waals surface area (Å²) in [6, 6.07) is 18.5. The van der Waals surface area contributed by atoms with Crippen molar-refractivity contribution >= 4 is 6.09 Å². The number of imidazole rings is 1. The van der Waals surface area contributed by atoms with Crippen molar-refractivity contribution in [2.75, 3.05) is 0 Å². The molecular formula is C27H35N3O2. The number of unbranched alkanes of at least 4 members (excludes halogenated alkanes) is 3. The standard InChI is InChI=1S/C27H35N3O2/c1-5-6-7-11-14-23(30-26(31)32-27(2,3)4)25-28-19-24(29-25)22-17-15-21(16-18-22)20-12-9-8-10-13-20/h8-10,12-13,15-19,23H,5-7,11,14H2,1-4H3,(H,28,29)(H,30,31)/t23-/m1/s1. The number of carbonyl (C=O) groups excluding carboxylic acids is 1. The number of aromatic amines is 1. The fraction of sp³-hybridized carbons (Fsp3) is 0.407. The van der Waals surface area contributed by atoms with Gasteiger partial charge in [-0.15, -0.1) is 0 Å². The summed E-state index contributed by atoms with van der Waals surface area (Å²) in [5, 5.41) is 3.01. The van der Waals surface area contributed by atoms with Gasteiger partial charge in [0, 0.05) is 0 Å². The largest absolute Gasteiger partial charge is 0.444 e. The zero-order valence-corrected chi connectivity index (χ0v) is 19.7. The van der Waals surface area contributed by atoms with Crippen LogP contribution in [0.25, 0.3) is 22.4 Å². The number of alkyl carbamates (subject to hydrolysis) is 1. The Morgan fingerprint density at radius 1 is 0.969 bits per heavy atom. The van der Waals surface area contributed by atoms with Gasteiger partial charge in [-0.2, -0.15) is 0 Å². The topological polar surface area (TPSA) is 67.0 Å². The van der Waals surface area contributed by atoms with Crippen molar-refractivity contribution in [1.29, 1.82) is 0 Å². The first kappa shape index (κ1) is 23.6. The Hall–Kier alpha value is -3.08. The van der Waals surface area contributed by atoms with Gasteiger partial charge in [-0.25, -0.2) is 9.78 Å². The van der Waals surface area contributed by atoms with E-state index >= 15 is 0 Å². The number of nitrogens with one attached hydrogen (secondary N) is 2. The van der Waals surface area contributed by atoms with Crippen LogP contribution in [0.1, 0.15) is 71.7 Å². The highest BCUT2D eigenvalue weighted by Gasteiger charge is 2.22. The van der Waals surface area contributed by atoms with E-state index in [4.69, 9.17) is 4.74 Å². The van der Waals surface area contributed by atoms with E-state index in [1.54, 1.807) is 0 Å². The van der Waals surface area contributed by atoms with Crippen LogP contribution >= 0.6 is 0 Å². The Morgan fingerprint density at radius 2 is 1.62 bits per heavy atom. The summed E-state index contributed by atoms with van der Waals surface area (Å²) in [5.41, 5.74) is 3.83. The molecule has 2 aromatic carbocycles. The van der Waals surface area contributed by atoms with Crippen LogP contribution in [0, 0.1) is 0 Å². The highest BCUT2D eigenvalue weighted by atomic mass is 16.6. The normalized spacial score (nSPS) is 12.4. The molecule has 0 aliphatic heterocycles. The second-order valence-corrected chi connectivity index (χ2v) is 9.17. The Balaban J connectivity index is 1.73. The maximum atomic E-state index is 12.4. The fourth-order valence-corrected chi connectivity index (χ4v) is 3.64. The third-order valence-electron chi connectivity index (χ3n) is 5.27. The summed E-state index contributed by atoms with van der Waals surface area (Å²) >= 11 is 0. The van der Waals surface area contributed by atoms with E-state index < -0.39 is 11.7 Å². The van der Waals surface area contributed by atoms with E-state index in [2.05, 4.69) is 58.6 Å². The van der Waals surface area contributed by atoms with Gasteiger partial charge in [0.2, 0.25) is 0 Å². The van der Waals surface area contributed by atoms with Gasteiger partial charge in [0.1, 0.15) is 11.4 Å². The van der Waals surface area contributed by atoms with Gasteiger partial charge >= 0.3 is 6.09 Å². The lowest BCUT2D eigenvalue weighted by Crippen LogP contribution is -2.35. The SMILES string of the molecule is CCCCCC[C@@H](NC(=O)OC(C)(C)C)c1ncc(-c2ccc(-c3ccccc3)cc2)[nH]1. The van der Waals surface area contributed by atoms with Gasteiger partial charge in [0.25, 0.3) is 0 Å². The molecule has 32 heavy (non-hydrogen) atoms. The van der Waals surface area contributed by atoms with E-state index in [9.17, 15) is 4.79 Å². The quantitative estimate of drug-likeness (QED) is 0.348. The average molecular weight is 434 g/mol. The number of amides is 1. The Morgan fingerprint density at radius 3 is 2.28 bits per heavy atom. The molecule has 0 saturated heterocycles. The third-order valence-corrected chi connectivity index (χ3v) is 5.27. The van der Waals surface area contributed by atoms with E-state index in [1.807, 2.05) is 45.2 Å². The summed E-state index contributed by atoms with van der Waals surface area (Å²) < 4.78 is 5.47. The fourth-order valence-electron chi connectivity index (χ4n) is 3.64. The van der Waals surface area contributed by atoms with E-state index in [1.165, 1.54) is 24.0 Å². The zero-order chi connectivity index (χ0) is 23.0. The van der Waals surface area contributed by atoms with Crippen molar-refractivity contribution in [3.8, 4) is 22.4 Å². The summed E-state index contributed by atoms with van der Waals surface area (Å²) in [5.74, 6) is 0.759. The number of aromatic nitrogens is 2. The predicted octanol–water partition coefficient (Wildman–Crippen LogP) is 7.28. The molecule has 1 heterocycles. The van der Waals surface area contributed by atoms with Crippen molar-refractivity contribution < 1.29 is 9.53 Å². The monoisotopic (exact) mass is 433 g/mol. The molecule has 0 unspecified atom stereocenters. The first-order valence-corrected chi connectivity index (χ1v) is 11.6. The van der Waals surface area contributed by atoms with Crippen LogP contribution in [0.4, 0.5) is 4.79 Å². The van der Waals surface area contributed by atoms with E-state index in [0.29, 0.717) is 0 Å². The Labute approximate surface area is 191 Å². The molecule has 5 heteroatoms. The molecule has 0 aliphatic carbocycles. The van der Waals surface area contributed by atoms with Crippen LogP contribution in [-0.2, 0) is 4.74 Å². The molecule has 0 spiro atoms. The molecule has 1 amide bonds. The lowest BCUT2D eigenvalue weighted by molar-refractivity contribution is 0.0498. The van der Waals surface area contributed by atoms with Crippen molar-refractivity contribution in [3.05, 3.63) is 66.6 Å². The maximum absolute atomic E-state index is 12.4. The van der Waals surface area contributed by atoms with Crippen LogP contribution in [0.3, 0.4) is 0 Å². The van der Waals surface area contributed by atoms with E-state index in [-0.39, 0.29) is 6.04 Å². The average Bonchev–Trinajstić information content (AvgIpc) is 3.25. The lowest BCUT2D eigenvalue weighted by atomic mass is 10.0. The highest BCUT2D eigenvalue weighted by Crippen LogP contribution is 2.26. The number of benzene rings is 2. The van der Waals surface area contributed by atoms with Gasteiger partial charge < -0.3 is 15.0 Å². The molecule has 5 nitrogen and oxygen atoms in total. The molecule has 3 aromatic rings. The number of H-pyrrole nitrogens is 1. The minimum atomic E-state index is -0.536. The first-order valence-electron chi connectivity index (χ1n) is 11.6. The molecule has 0 aliphatic rings. The molecule has 1 aromatic heterocycles. The Kier molecular flexibility index (Phi) is 8.09. The number of carbonyl (C=O) groups is 1. The third kappa shape index (κ3) is 6.98. The second-order valence-electron chi connectivity index (χ2n) is 9.17. The number of nitrogens with zero attached hydrogens (tertiary/aromatic N) is 1. The summed E-state index contributed by atoms with van der Waals surface area (Å²) in [4.78, 5) is 20.4. The molecule has 1 atom stereocenters. The van der Waals surface area contributed by atoms with Gasteiger partial charge in [-0.05, 0) is 43.9 Å². The summed E-state index contributed by atoms with van der Waals surface area (Å²) in [7, 11) is 0. The van der Waals surface area contributed by atoms with Crippen LogP contribution in [0.2, 0.25) is 0 Å². The van der Waals surface area contributed by atoms with Crippen molar-refractivity contribution in [2.24, 2.45) is 0 Å².